The lowest BCUT2D eigenvalue weighted by Crippen LogP contribution is -1.98. The first-order valence-corrected chi connectivity index (χ1v) is 5.86. The van der Waals surface area contributed by atoms with Crippen molar-refractivity contribution >= 4 is 0 Å². The van der Waals surface area contributed by atoms with E-state index in [9.17, 15) is 4.39 Å². The summed E-state index contributed by atoms with van der Waals surface area (Å²) < 4.78 is 12.2. The Morgan fingerprint density at radius 1 is 1.25 bits per heavy atom. The van der Waals surface area contributed by atoms with Crippen molar-refractivity contribution in [2.75, 3.05) is 0 Å². The SMILES string of the molecule is C=C.C=CC(=C)C.CCC(C)CCC(C)F. The Kier molecular flexibility index (Phi) is 21.3. The van der Waals surface area contributed by atoms with Crippen molar-refractivity contribution in [3.63, 3.8) is 0 Å². The van der Waals surface area contributed by atoms with Crippen LogP contribution in [0.5, 0.6) is 0 Å². The highest BCUT2D eigenvalue weighted by Crippen LogP contribution is 2.12. The number of alkyl halides is 1. The molecule has 16 heavy (non-hydrogen) atoms. The Balaban J connectivity index is -0.000000205. The average Bonchev–Trinajstić information content (AvgIpc) is 2.29. The fourth-order valence-corrected chi connectivity index (χ4v) is 0.718. The molecule has 0 aliphatic carbocycles. The van der Waals surface area contributed by atoms with Gasteiger partial charge in [-0.25, -0.2) is 4.39 Å². The maximum absolute atomic E-state index is 12.2. The molecule has 96 valence electrons. The molecule has 0 fully saturated rings. The summed E-state index contributed by atoms with van der Waals surface area (Å²) in [5.41, 5.74) is 1.02. The van der Waals surface area contributed by atoms with Crippen LogP contribution in [-0.2, 0) is 0 Å². The summed E-state index contributed by atoms with van der Waals surface area (Å²) in [4.78, 5) is 0. The lowest BCUT2D eigenvalue weighted by Gasteiger charge is -2.07. The van der Waals surface area contributed by atoms with Crippen molar-refractivity contribution < 1.29 is 4.39 Å². The van der Waals surface area contributed by atoms with Crippen molar-refractivity contribution in [1.29, 1.82) is 0 Å². The minimum atomic E-state index is -0.612. The first-order chi connectivity index (χ1) is 7.43. The topological polar surface area (TPSA) is 0 Å². The first kappa shape index (κ1) is 20.5. The van der Waals surface area contributed by atoms with Crippen LogP contribution in [0, 0.1) is 5.92 Å². The van der Waals surface area contributed by atoms with E-state index >= 15 is 0 Å². The second-order valence-electron chi connectivity index (χ2n) is 3.92. The van der Waals surface area contributed by atoms with Crippen molar-refractivity contribution in [3.05, 3.63) is 38.0 Å². The van der Waals surface area contributed by atoms with E-state index < -0.39 is 6.17 Å². The molecular formula is C15H29F. The summed E-state index contributed by atoms with van der Waals surface area (Å²) in [6, 6.07) is 0. The largest absolute Gasteiger partial charge is 0.248 e. The van der Waals surface area contributed by atoms with Gasteiger partial charge in [0.25, 0.3) is 0 Å². The molecule has 0 saturated heterocycles. The normalized spacial score (nSPS) is 12.1. The fourth-order valence-electron chi connectivity index (χ4n) is 0.718. The Labute approximate surface area is 102 Å². The average molecular weight is 228 g/mol. The second-order valence-corrected chi connectivity index (χ2v) is 3.92. The third kappa shape index (κ3) is 29.2. The molecule has 0 aromatic carbocycles. The van der Waals surface area contributed by atoms with E-state index in [1.54, 1.807) is 13.0 Å². The lowest BCUT2D eigenvalue weighted by molar-refractivity contribution is 0.312. The smallest absolute Gasteiger partial charge is 0.0973 e. The quantitative estimate of drug-likeness (QED) is 0.417. The monoisotopic (exact) mass is 228 g/mol. The van der Waals surface area contributed by atoms with Gasteiger partial charge in [-0.15, -0.1) is 13.2 Å². The maximum atomic E-state index is 12.2. The molecule has 0 aromatic heterocycles. The predicted molar refractivity (Wildman–Crippen MR) is 75.5 cm³/mol. The Morgan fingerprint density at radius 3 is 1.81 bits per heavy atom. The Hall–Kier alpha value is -0.850. The predicted octanol–water partition coefficient (Wildman–Crippen LogP) is 5.72. The number of allylic oxidation sites excluding steroid dienone is 2. The standard InChI is InChI=1S/C8H17F.C5H8.C2H4/c1-4-7(2)5-6-8(3)9;1-4-5(2)3;1-2/h7-8H,4-6H2,1-3H3;4H,1-2H2,3H3;1-2H2. The molecule has 0 aliphatic heterocycles. The van der Waals surface area contributed by atoms with E-state index in [-0.39, 0.29) is 0 Å². The minimum absolute atomic E-state index is 0.612. The van der Waals surface area contributed by atoms with Crippen molar-refractivity contribution in [1.82, 2.24) is 0 Å². The van der Waals surface area contributed by atoms with Gasteiger partial charge in [-0.2, -0.15) is 0 Å². The minimum Gasteiger partial charge on any atom is -0.248 e. The van der Waals surface area contributed by atoms with Gasteiger partial charge in [0.2, 0.25) is 0 Å². The molecular weight excluding hydrogens is 199 g/mol. The maximum Gasteiger partial charge on any atom is 0.0973 e. The van der Waals surface area contributed by atoms with Crippen molar-refractivity contribution in [3.8, 4) is 0 Å². The van der Waals surface area contributed by atoms with Crippen LogP contribution in [0.2, 0.25) is 0 Å². The van der Waals surface area contributed by atoms with E-state index in [0.29, 0.717) is 5.92 Å². The highest BCUT2D eigenvalue weighted by Gasteiger charge is 2.01. The van der Waals surface area contributed by atoms with Gasteiger partial charge in [-0.3, -0.25) is 0 Å². The highest BCUT2D eigenvalue weighted by molar-refractivity contribution is 5.05. The molecule has 0 spiro atoms. The third-order valence-corrected chi connectivity index (χ3v) is 2.10. The molecule has 0 rings (SSSR count). The number of hydrogen-bond acceptors (Lipinski definition) is 0. The van der Waals surface area contributed by atoms with Crippen LogP contribution in [0.4, 0.5) is 4.39 Å². The third-order valence-electron chi connectivity index (χ3n) is 2.10. The van der Waals surface area contributed by atoms with Gasteiger partial charge in [0.05, 0.1) is 6.17 Å². The number of rotatable bonds is 5. The van der Waals surface area contributed by atoms with E-state index in [1.165, 1.54) is 6.42 Å². The van der Waals surface area contributed by atoms with Crippen LogP contribution in [0.3, 0.4) is 0 Å². The van der Waals surface area contributed by atoms with Gasteiger partial charge in [0.15, 0.2) is 0 Å². The van der Waals surface area contributed by atoms with Gasteiger partial charge < -0.3 is 0 Å². The Bertz CT molecular complexity index is 159. The number of hydrogen-bond donors (Lipinski definition) is 0. The van der Waals surface area contributed by atoms with E-state index in [4.69, 9.17) is 0 Å². The molecule has 0 aromatic rings. The fraction of sp³-hybridized carbons (Fsp3) is 0.600. The van der Waals surface area contributed by atoms with Crippen LogP contribution < -0.4 is 0 Å². The van der Waals surface area contributed by atoms with E-state index in [2.05, 4.69) is 40.2 Å². The molecule has 0 N–H and O–H groups in total. The first-order valence-electron chi connectivity index (χ1n) is 5.86. The summed E-state index contributed by atoms with van der Waals surface area (Å²) in [5, 5.41) is 0. The molecule has 0 heterocycles. The number of halogens is 1. The molecule has 0 bridgehead atoms. The summed E-state index contributed by atoms with van der Waals surface area (Å²) in [5.74, 6) is 0.697. The van der Waals surface area contributed by atoms with Gasteiger partial charge in [0, 0.05) is 0 Å². The molecule has 0 radical (unpaired) electrons. The molecule has 2 unspecified atom stereocenters. The van der Waals surface area contributed by atoms with Gasteiger partial charge >= 0.3 is 0 Å². The molecule has 0 amide bonds. The molecule has 2 atom stereocenters. The zero-order valence-electron chi connectivity index (χ0n) is 11.6. The van der Waals surface area contributed by atoms with Crippen LogP contribution >= 0.6 is 0 Å². The van der Waals surface area contributed by atoms with Crippen molar-refractivity contribution in [2.24, 2.45) is 5.92 Å². The zero-order chi connectivity index (χ0) is 13.6. The Morgan fingerprint density at radius 2 is 1.62 bits per heavy atom. The van der Waals surface area contributed by atoms with Gasteiger partial charge in [-0.1, -0.05) is 45.1 Å². The van der Waals surface area contributed by atoms with Gasteiger partial charge in [-0.05, 0) is 32.6 Å². The zero-order valence-corrected chi connectivity index (χ0v) is 11.6. The van der Waals surface area contributed by atoms with Crippen LogP contribution in [0.25, 0.3) is 0 Å². The summed E-state index contributed by atoms with van der Waals surface area (Å²) in [6.45, 7) is 20.9. The summed E-state index contributed by atoms with van der Waals surface area (Å²) in [6.07, 6.45) is 4.05. The van der Waals surface area contributed by atoms with E-state index in [0.717, 1.165) is 18.4 Å². The van der Waals surface area contributed by atoms with Crippen LogP contribution in [-0.4, -0.2) is 6.17 Å². The molecule has 0 saturated carbocycles. The second kappa shape index (κ2) is 16.6. The van der Waals surface area contributed by atoms with Crippen LogP contribution in [0.15, 0.2) is 38.0 Å². The molecule has 0 nitrogen and oxygen atoms in total. The molecule has 0 aliphatic rings. The lowest BCUT2D eigenvalue weighted by atomic mass is 10.0. The van der Waals surface area contributed by atoms with E-state index in [1.807, 2.05) is 6.92 Å². The van der Waals surface area contributed by atoms with Crippen molar-refractivity contribution in [2.45, 2.75) is 53.1 Å². The summed E-state index contributed by atoms with van der Waals surface area (Å²) >= 11 is 0. The van der Waals surface area contributed by atoms with Gasteiger partial charge in [0.1, 0.15) is 0 Å². The molecule has 1 heteroatoms. The van der Waals surface area contributed by atoms with Crippen LogP contribution in [0.1, 0.15) is 47.0 Å². The highest BCUT2D eigenvalue weighted by atomic mass is 19.1. The summed E-state index contributed by atoms with van der Waals surface area (Å²) in [7, 11) is 0.